The van der Waals surface area contributed by atoms with Gasteiger partial charge in [-0.1, -0.05) is 0 Å². The maximum absolute atomic E-state index is 10.6. The van der Waals surface area contributed by atoms with Gasteiger partial charge in [0.1, 0.15) is 0 Å². The zero-order chi connectivity index (χ0) is 10.2. The summed E-state index contributed by atoms with van der Waals surface area (Å²) < 4.78 is 25.2. The highest BCUT2D eigenvalue weighted by molar-refractivity contribution is 7.46. The average molecular weight is 224 g/mol. The maximum atomic E-state index is 10.6. The van der Waals surface area contributed by atoms with Crippen LogP contribution in [0.5, 0.6) is 0 Å². The number of epoxide rings is 2. The second kappa shape index (κ2) is 3.89. The molecule has 2 saturated heterocycles. The predicted molar refractivity (Wildman–Crippen MR) is 45.6 cm³/mol. The monoisotopic (exact) mass is 224 g/mol. The van der Waals surface area contributed by atoms with Crippen molar-refractivity contribution < 1.29 is 28.3 Å². The largest absolute Gasteiger partial charge is 0.469 e. The fourth-order valence-electron chi connectivity index (χ4n) is 1.37. The van der Waals surface area contributed by atoms with Gasteiger partial charge in [-0.3, -0.25) is 4.52 Å². The van der Waals surface area contributed by atoms with Crippen LogP contribution in [-0.2, 0) is 18.6 Å². The van der Waals surface area contributed by atoms with Gasteiger partial charge in [0, 0.05) is 12.8 Å². The molecule has 2 rings (SSSR count). The molecule has 0 aromatic rings. The van der Waals surface area contributed by atoms with Crippen molar-refractivity contribution in [2.24, 2.45) is 0 Å². The molecule has 2 fully saturated rings. The van der Waals surface area contributed by atoms with E-state index >= 15 is 0 Å². The van der Waals surface area contributed by atoms with Crippen molar-refractivity contribution in [2.45, 2.75) is 31.2 Å². The summed E-state index contributed by atoms with van der Waals surface area (Å²) in [6.07, 6.45) is 0.807. The highest BCUT2D eigenvalue weighted by Gasteiger charge is 2.35. The van der Waals surface area contributed by atoms with E-state index in [-0.39, 0.29) is 12.2 Å². The van der Waals surface area contributed by atoms with Gasteiger partial charge in [0.15, 0.2) is 0 Å². The van der Waals surface area contributed by atoms with E-state index in [1.807, 2.05) is 0 Å². The van der Waals surface area contributed by atoms with Gasteiger partial charge in [0.25, 0.3) is 0 Å². The van der Waals surface area contributed by atoms with Crippen LogP contribution in [0.1, 0.15) is 12.8 Å². The molecule has 7 heteroatoms. The zero-order valence-corrected chi connectivity index (χ0v) is 8.43. The molecule has 0 aromatic carbocycles. The summed E-state index contributed by atoms with van der Waals surface area (Å²) in [6, 6.07) is 0. The maximum Gasteiger partial charge on any atom is 0.469 e. The fourth-order valence-corrected chi connectivity index (χ4v) is 1.93. The lowest BCUT2D eigenvalue weighted by molar-refractivity contribution is 0.106. The van der Waals surface area contributed by atoms with Crippen molar-refractivity contribution in [3.63, 3.8) is 0 Å². The van der Waals surface area contributed by atoms with Gasteiger partial charge < -0.3 is 19.3 Å². The van der Waals surface area contributed by atoms with Gasteiger partial charge in [-0.2, -0.15) is 0 Å². The van der Waals surface area contributed by atoms with Crippen molar-refractivity contribution in [3.05, 3.63) is 0 Å². The van der Waals surface area contributed by atoms with E-state index in [0.29, 0.717) is 26.1 Å². The minimum atomic E-state index is -4.39. The molecule has 0 aliphatic carbocycles. The molecule has 14 heavy (non-hydrogen) atoms. The Hall–Kier alpha value is 0.0300. The van der Waals surface area contributed by atoms with Crippen LogP contribution >= 0.6 is 7.82 Å². The molecule has 2 atom stereocenters. The summed E-state index contributed by atoms with van der Waals surface area (Å²) in [4.78, 5) is 17.3. The average Bonchev–Trinajstić information content (AvgIpc) is 2.77. The van der Waals surface area contributed by atoms with Gasteiger partial charge in [0.2, 0.25) is 0 Å². The number of ether oxygens (including phenoxy) is 2. The number of phosphoric ester groups is 1. The van der Waals surface area contributed by atoms with E-state index in [2.05, 4.69) is 4.52 Å². The first-order chi connectivity index (χ1) is 6.53. The molecule has 82 valence electrons. The minimum absolute atomic E-state index is 0.102. The zero-order valence-electron chi connectivity index (χ0n) is 7.54. The van der Waals surface area contributed by atoms with Crippen LogP contribution in [0.4, 0.5) is 0 Å². The minimum Gasteiger partial charge on any atom is -0.373 e. The van der Waals surface area contributed by atoms with Crippen LogP contribution in [0.15, 0.2) is 0 Å². The SMILES string of the molecule is O=P(O)(O)OC(CC1CO1)CC1CO1. The Morgan fingerprint density at radius 3 is 2.00 bits per heavy atom. The van der Waals surface area contributed by atoms with Crippen molar-refractivity contribution in [3.8, 4) is 0 Å². The van der Waals surface area contributed by atoms with Crippen molar-refractivity contribution in [1.29, 1.82) is 0 Å². The molecule has 0 amide bonds. The molecule has 2 aliphatic heterocycles. The third-order valence-electron chi connectivity index (χ3n) is 2.14. The van der Waals surface area contributed by atoms with E-state index in [1.54, 1.807) is 0 Å². The summed E-state index contributed by atoms with van der Waals surface area (Å²) in [6.45, 7) is 1.32. The Kier molecular flexibility index (Phi) is 2.93. The first kappa shape index (κ1) is 10.5. The molecule has 0 bridgehead atoms. The van der Waals surface area contributed by atoms with Gasteiger partial charge in [-0.15, -0.1) is 0 Å². The molecule has 0 spiro atoms. The number of phosphoric acid groups is 1. The molecule has 2 unspecified atom stereocenters. The Balaban J connectivity index is 1.79. The number of rotatable bonds is 6. The van der Waals surface area contributed by atoms with Crippen LogP contribution in [0.3, 0.4) is 0 Å². The summed E-state index contributed by atoms with van der Waals surface area (Å²) in [5, 5.41) is 0. The second-order valence-electron chi connectivity index (χ2n) is 3.60. The van der Waals surface area contributed by atoms with Crippen molar-refractivity contribution in [2.75, 3.05) is 13.2 Å². The normalized spacial score (nSPS) is 32.7. The molecular formula is C7H13O6P. The molecule has 0 aromatic heterocycles. The smallest absolute Gasteiger partial charge is 0.373 e. The molecule has 2 aliphatic rings. The highest BCUT2D eigenvalue weighted by Crippen LogP contribution is 2.41. The van der Waals surface area contributed by atoms with Crippen LogP contribution in [0, 0.1) is 0 Å². The number of hydrogen-bond acceptors (Lipinski definition) is 4. The predicted octanol–water partition coefficient (Wildman–Crippen LogP) is 0.0421. The van der Waals surface area contributed by atoms with E-state index in [4.69, 9.17) is 19.3 Å². The topological polar surface area (TPSA) is 91.8 Å². The standard InChI is InChI=1S/C7H13O6P/c8-14(9,10)13-5(1-6-3-11-6)2-7-4-12-7/h5-7H,1-4H2,(H2,8,9,10). The fraction of sp³-hybridized carbons (Fsp3) is 1.00. The Bertz CT molecular complexity index is 229. The lowest BCUT2D eigenvalue weighted by Crippen LogP contribution is -2.16. The van der Waals surface area contributed by atoms with Crippen LogP contribution in [0.2, 0.25) is 0 Å². The van der Waals surface area contributed by atoms with E-state index < -0.39 is 13.9 Å². The van der Waals surface area contributed by atoms with Gasteiger partial charge in [-0.25, -0.2) is 4.57 Å². The van der Waals surface area contributed by atoms with E-state index in [9.17, 15) is 4.57 Å². The van der Waals surface area contributed by atoms with E-state index in [1.165, 1.54) is 0 Å². The molecule has 0 saturated carbocycles. The molecule has 6 nitrogen and oxygen atoms in total. The van der Waals surface area contributed by atoms with Crippen LogP contribution in [0.25, 0.3) is 0 Å². The first-order valence-electron chi connectivity index (χ1n) is 4.50. The highest BCUT2D eigenvalue weighted by atomic mass is 31.2. The summed E-state index contributed by atoms with van der Waals surface area (Å²) in [5.41, 5.74) is 0. The lowest BCUT2D eigenvalue weighted by Gasteiger charge is -2.15. The Morgan fingerprint density at radius 1 is 1.29 bits per heavy atom. The molecular weight excluding hydrogens is 211 g/mol. The number of hydrogen-bond donors (Lipinski definition) is 2. The van der Waals surface area contributed by atoms with Crippen LogP contribution < -0.4 is 0 Å². The second-order valence-corrected chi connectivity index (χ2v) is 4.79. The molecule has 2 N–H and O–H groups in total. The van der Waals surface area contributed by atoms with Gasteiger partial charge in [-0.05, 0) is 0 Å². The Morgan fingerprint density at radius 2 is 1.71 bits per heavy atom. The molecule has 0 radical (unpaired) electrons. The lowest BCUT2D eigenvalue weighted by atomic mass is 10.1. The third-order valence-corrected chi connectivity index (χ3v) is 2.72. The summed E-state index contributed by atoms with van der Waals surface area (Å²) >= 11 is 0. The third kappa shape index (κ3) is 4.04. The van der Waals surface area contributed by atoms with Crippen molar-refractivity contribution in [1.82, 2.24) is 0 Å². The van der Waals surface area contributed by atoms with Gasteiger partial charge >= 0.3 is 7.82 Å². The van der Waals surface area contributed by atoms with Gasteiger partial charge in [0.05, 0.1) is 31.5 Å². The van der Waals surface area contributed by atoms with Crippen LogP contribution in [-0.4, -0.2) is 41.3 Å². The van der Waals surface area contributed by atoms with E-state index in [0.717, 1.165) is 0 Å². The quantitative estimate of drug-likeness (QED) is 0.489. The summed E-state index contributed by atoms with van der Waals surface area (Å²) in [7, 11) is -4.39. The molecule has 2 heterocycles. The summed E-state index contributed by atoms with van der Waals surface area (Å²) in [5.74, 6) is 0. The Labute approximate surface area is 81.4 Å². The van der Waals surface area contributed by atoms with Crippen molar-refractivity contribution >= 4 is 7.82 Å². The first-order valence-corrected chi connectivity index (χ1v) is 6.03.